The summed E-state index contributed by atoms with van der Waals surface area (Å²) in [5, 5.41) is 17.9. The minimum atomic E-state index is -0.233. The first kappa shape index (κ1) is 13.6. The van der Waals surface area contributed by atoms with Crippen LogP contribution in [0, 0.1) is 18.3 Å². The van der Waals surface area contributed by atoms with Crippen LogP contribution in [0.5, 0.6) is 0 Å². The van der Waals surface area contributed by atoms with Gasteiger partial charge < -0.3 is 0 Å². The van der Waals surface area contributed by atoms with Gasteiger partial charge in [-0.1, -0.05) is 43.7 Å². The molecule has 0 unspecified atom stereocenters. The number of nitrogens with zero attached hydrogens (tertiary/aromatic N) is 4. The summed E-state index contributed by atoms with van der Waals surface area (Å²) in [6, 6.07) is 7.72. The van der Waals surface area contributed by atoms with Crippen LogP contribution in [-0.2, 0) is 5.41 Å². The summed E-state index contributed by atoms with van der Waals surface area (Å²) < 4.78 is 1.71. The zero-order valence-electron chi connectivity index (χ0n) is 11.4. The average molecular weight is 275 g/mol. The number of benzene rings is 1. The summed E-state index contributed by atoms with van der Waals surface area (Å²) in [6.45, 7) is 8.02. The van der Waals surface area contributed by atoms with E-state index in [1.165, 1.54) is 0 Å². The van der Waals surface area contributed by atoms with Gasteiger partial charge in [0.25, 0.3) is 0 Å². The highest BCUT2D eigenvalue weighted by molar-refractivity contribution is 6.31. The van der Waals surface area contributed by atoms with Crippen LogP contribution in [0.15, 0.2) is 18.2 Å². The van der Waals surface area contributed by atoms with Crippen LogP contribution in [0.2, 0.25) is 5.02 Å². The van der Waals surface area contributed by atoms with Crippen molar-refractivity contribution in [2.24, 2.45) is 0 Å². The molecule has 2 rings (SSSR count). The molecule has 0 aliphatic rings. The zero-order chi connectivity index (χ0) is 14.2. The minimum absolute atomic E-state index is 0.233. The van der Waals surface area contributed by atoms with Gasteiger partial charge in [-0.05, 0) is 24.6 Å². The summed E-state index contributed by atoms with van der Waals surface area (Å²) in [5.74, 6) is 0. The van der Waals surface area contributed by atoms with Gasteiger partial charge in [0, 0.05) is 10.4 Å². The molecule has 1 aromatic carbocycles. The van der Waals surface area contributed by atoms with Crippen molar-refractivity contribution in [3.05, 3.63) is 40.2 Å². The SMILES string of the molecule is Cc1c(Cl)cccc1-n1nnc(C#N)c1C(C)(C)C. The third-order valence-electron chi connectivity index (χ3n) is 2.95. The molecule has 0 spiro atoms. The summed E-state index contributed by atoms with van der Waals surface area (Å²) in [4.78, 5) is 0. The van der Waals surface area contributed by atoms with Gasteiger partial charge in [-0.3, -0.25) is 0 Å². The fraction of sp³-hybridized carbons (Fsp3) is 0.357. The van der Waals surface area contributed by atoms with Crippen molar-refractivity contribution < 1.29 is 0 Å². The van der Waals surface area contributed by atoms with Crippen molar-refractivity contribution in [1.29, 1.82) is 5.26 Å². The maximum absolute atomic E-state index is 9.17. The molecule has 0 bridgehead atoms. The summed E-state index contributed by atoms with van der Waals surface area (Å²) >= 11 is 6.14. The lowest BCUT2D eigenvalue weighted by Gasteiger charge is -2.20. The number of rotatable bonds is 1. The Morgan fingerprint density at radius 2 is 2.00 bits per heavy atom. The molecule has 98 valence electrons. The molecule has 0 saturated carbocycles. The van der Waals surface area contributed by atoms with E-state index < -0.39 is 0 Å². The first-order valence-corrected chi connectivity index (χ1v) is 6.36. The maximum atomic E-state index is 9.17. The predicted octanol–water partition coefficient (Wildman–Crippen LogP) is 3.40. The fourth-order valence-electron chi connectivity index (χ4n) is 2.02. The third kappa shape index (κ3) is 2.34. The molecule has 0 radical (unpaired) electrons. The molecule has 0 fully saturated rings. The van der Waals surface area contributed by atoms with Crippen LogP contribution in [0.1, 0.15) is 37.7 Å². The second-order valence-corrected chi connectivity index (χ2v) is 5.85. The van der Waals surface area contributed by atoms with E-state index in [0.717, 1.165) is 16.9 Å². The Balaban J connectivity index is 2.75. The normalized spacial score (nSPS) is 11.4. The van der Waals surface area contributed by atoms with Gasteiger partial charge in [-0.25, -0.2) is 4.68 Å². The van der Waals surface area contributed by atoms with Gasteiger partial charge in [0.2, 0.25) is 0 Å². The summed E-state index contributed by atoms with van der Waals surface area (Å²) in [7, 11) is 0. The molecular weight excluding hydrogens is 260 g/mol. The predicted molar refractivity (Wildman–Crippen MR) is 74.5 cm³/mol. The Kier molecular flexibility index (Phi) is 3.34. The second-order valence-electron chi connectivity index (χ2n) is 5.44. The minimum Gasteiger partial charge on any atom is -0.215 e. The van der Waals surface area contributed by atoms with Crippen molar-refractivity contribution in [2.45, 2.75) is 33.1 Å². The van der Waals surface area contributed by atoms with E-state index in [4.69, 9.17) is 11.6 Å². The number of aromatic nitrogens is 3. The molecular formula is C14H15ClN4. The van der Waals surface area contributed by atoms with Gasteiger partial charge in [0.15, 0.2) is 5.69 Å². The maximum Gasteiger partial charge on any atom is 0.186 e. The monoisotopic (exact) mass is 274 g/mol. The number of hydrogen-bond acceptors (Lipinski definition) is 3. The molecule has 1 aromatic heterocycles. The number of nitriles is 1. The number of hydrogen-bond donors (Lipinski definition) is 0. The van der Waals surface area contributed by atoms with Gasteiger partial charge in [-0.2, -0.15) is 5.26 Å². The average Bonchev–Trinajstić information content (AvgIpc) is 2.76. The van der Waals surface area contributed by atoms with E-state index in [0.29, 0.717) is 10.7 Å². The molecule has 0 aliphatic heterocycles. The van der Waals surface area contributed by atoms with Crippen LogP contribution >= 0.6 is 11.6 Å². The lowest BCUT2D eigenvalue weighted by Crippen LogP contribution is -2.19. The first-order chi connectivity index (χ1) is 8.86. The summed E-state index contributed by atoms with van der Waals surface area (Å²) in [5.41, 5.74) is 2.69. The van der Waals surface area contributed by atoms with Gasteiger partial charge in [0.05, 0.1) is 11.4 Å². The molecule has 0 saturated heterocycles. The second kappa shape index (κ2) is 4.67. The van der Waals surface area contributed by atoms with E-state index in [-0.39, 0.29) is 5.41 Å². The van der Waals surface area contributed by atoms with E-state index >= 15 is 0 Å². The molecule has 4 nitrogen and oxygen atoms in total. The molecule has 1 heterocycles. The quantitative estimate of drug-likeness (QED) is 0.801. The molecule has 0 N–H and O–H groups in total. The molecule has 5 heteroatoms. The Hall–Kier alpha value is -1.86. The van der Waals surface area contributed by atoms with Crippen LogP contribution in [0.3, 0.4) is 0 Å². The highest BCUT2D eigenvalue weighted by Gasteiger charge is 2.26. The summed E-state index contributed by atoms with van der Waals surface area (Å²) in [6.07, 6.45) is 0. The highest BCUT2D eigenvalue weighted by Crippen LogP contribution is 2.29. The van der Waals surface area contributed by atoms with Crippen molar-refractivity contribution >= 4 is 11.6 Å². The molecule has 2 aromatic rings. The Morgan fingerprint density at radius 1 is 1.32 bits per heavy atom. The van der Waals surface area contributed by atoms with E-state index in [1.807, 2.05) is 45.9 Å². The van der Waals surface area contributed by atoms with Crippen molar-refractivity contribution in [2.75, 3.05) is 0 Å². The first-order valence-electron chi connectivity index (χ1n) is 5.98. The van der Waals surface area contributed by atoms with Gasteiger partial charge in [0.1, 0.15) is 6.07 Å². The molecule has 0 amide bonds. The van der Waals surface area contributed by atoms with Gasteiger partial charge in [-0.15, -0.1) is 5.10 Å². The van der Waals surface area contributed by atoms with Crippen LogP contribution in [-0.4, -0.2) is 15.0 Å². The Labute approximate surface area is 117 Å². The highest BCUT2D eigenvalue weighted by atomic mass is 35.5. The van der Waals surface area contributed by atoms with Crippen LogP contribution < -0.4 is 0 Å². The molecule has 0 atom stereocenters. The lowest BCUT2D eigenvalue weighted by atomic mass is 9.90. The standard InChI is InChI=1S/C14H15ClN4/c1-9-10(15)6-5-7-12(9)19-13(14(2,3)4)11(8-16)17-18-19/h5-7H,1-4H3. The van der Waals surface area contributed by atoms with Crippen molar-refractivity contribution in [1.82, 2.24) is 15.0 Å². The largest absolute Gasteiger partial charge is 0.215 e. The van der Waals surface area contributed by atoms with E-state index in [2.05, 4.69) is 16.4 Å². The Bertz CT molecular complexity index is 659. The number of halogens is 1. The van der Waals surface area contributed by atoms with E-state index in [1.54, 1.807) is 4.68 Å². The van der Waals surface area contributed by atoms with E-state index in [9.17, 15) is 5.26 Å². The fourth-order valence-corrected chi connectivity index (χ4v) is 2.19. The van der Waals surface area contributed by atoms with Crippen LogP contribution in [0.4, 0.5) is 0 Å². The Morgan fingerprint density at radius 3 is 2.58 bits per heavy atom. The topological polar surface area (TPSA) is 54.5 Å². The smallest absolute Gasteiger partial charge is 0.186 e. The van der Waals surface area contributed by atoms with Crippen molar-refractivity contribution in [3.8, 4) is 11.8 Å². The van der Waals surface area contributed by atoms with Gasteiger partial charge >= 0.3 is 0 Å². The lowest BCUT2D eigenvalue weighted by molar-refractivity contribution is 0.541. The van der Waals surface area contributed by atoms with Crippen LogP contribution in [0.25, 0.3) is 5.69 Å². The zero-order valence-corrected chi connectivity index (χ0v) is 12.2. The molecule has 19 heavy (non-hydrogen) atoms. The third-order valence-corrected chi connectivity index (χ3v) is 3.36. The molecule has 0 aliphatic carbocycles. The van der Waals surface area contributed by atoms with Crippen molar-refractivity contribution in [3.63, 3.8) is 0 Å².